The van der Waals surface area contributed by atoms with Gasteiger partial charge in [0.05, 0.1) is 0 Å². The maximum Gasteiger partial charge on any atom is 0.208 e. The van der Waals surface area contributed by atoms with Crippen molar-refractivity contribution >= 4 is 16.5 Å². The second-order valence-electron chi connectivity index (χ2n) is 6.75. The molecule has 1 aromatic heterocycles. The standard InChI is InChI=1S/C18H25FN4S/c1-13(2)23-10-8-16(9-11-23)22(3)18-21-20-17(24-18)12-14-4-6-15(19)7-5-14/h4-7,13,16H,8-12H2,1-3H3. The van der Waals surface area contributed by atoms with Gasteiger partial charge in [0, 0.05) is 38.6 Å². The van der Waals surface area contributed by atoms with E-state index in [4.69, 9.17) is 0 Å². The summed E-state index contributed by atoms with van der Waals surface area (Å²) in [5.41, 5.74) is 1.06. The Bertz CT molecular complexity index is 647. The van der Waals surface area contributed by atoms with Gasteiger partial charge in [-0.05, 0) is 44.4 Å². The minimum atomic E-state index is -0.204. The molecular weight excluding hydrogens is 323 g/mol. The third kappa shape index (κ3) is 4.11. The van der Waals surface area contributed by atoms with Crippen LogP contribution in [0, 0.1) is 5.82 Å². The zero-order valence-corrected chi connectivity index (χ0v) is 15.4. The predicted octanol–water partition coefficient (Wildman–Crippen LogP) is 3.58. The van der Waals surface area contributed by atoms with Crippen LogP contribution in [-0.4, -0.2) is 47.3 Å². The molecule has 3 rings (SSSR count). The van der Waals surface area contributed by atoms with Gasteiger partial charge in [-0.2, -0.15) is 0 Å². The van der Waals surface area contributed by atoms with Gasteiger partial charge in [0.25, 0.3) is 0 Å². The van der Waals surface area contributed by atoms with Gasteiger partial charge < -0.3 is 9.80 Å². The highest BCUT2D eigenvalue weighted by Gasteiger charge is 2.25. The van der Waals surface area contributed by atoms with E-state index in [1.807, 2.05) is 12.1 Å². The highest BCUT2D eigenvalue weighted by Crippen LogP contribution is 2.27. The van der Waals surface area contributed by atoms with Gasteiger partial charge in [-0.15, -0.1) is 10.2 Å². The minimum Gasteiger partial charge on any atom is -0.347 e. The first-order chi connectivity index (χ1) is 11.5. The van der Waals surface area contributed by atoms with Gasteiger partial charge in [-0.3, -0.25) is 0 Å². The molecule has 1 aliphatic rings. The summed E-state index contributed by atoms with van der Waals surface area (Å²) in [5.74, 6) is -0.204. The van der Waals surface area contributed by atoms with Crippen LogP contribution >= 0.6 is 11.3 Å². The molecule has 24 heavy (non-hydrogen) atoms. The van der Waals surface area contributed by atoms with Crippen molar-refractivity contribution < 1.29 is 4.39 Å². The van der Waals surface area contributed by atoms with Gasteiger partial charge >= 0.3 is 0 Å². The first-order valence-electron chi connectivity index (χ1n) is 8.56. The first-order valence-corrected chi connectivity index (χ1v) is 9.38. The van der Waals surface area contributed by atoms with Gasteiger partial charge in [-0.1, -0.05) is 23.5 Å². The molecule has 0 spiro atoms. The zero-order chi connectivity index (χ0) is 17.1. The number of piperidine rings is 1. The number of hydrogen-bond acceptors (Lipinski definition) is 5. The normalized spacial score (nSPS) is 16.7. The number of likely N-dealkylation sites (tertiary alicyclic amines) is 1. The van der Waals surface area contributed by atoms with E-state index in [9.17, 15) is 4.39 Å². The topological polar surface area (TPSA) is 32.3 Å². The van der Waals surface area contributed by atoms with Crippen molar-refractivity contribution in [1.29, 1.82) is 0 Å². The molecule has 0 atom stereocenters. The van der Waals surface area contributed by atoms with E-state index in [2.05, 4.69) is 40.9 Å². The van der Waals surface area contributed by atoms with E-state index < -0.39 is 0 Å². The molecule has 0 aliphatic carbocycles. The Balaban J connectivity index is 1.59. The highest BCUT2D eigenvalue weighted by molar-refractivity contribution is 7.15. The number of rotatable bonds is 5. The van der Waals surface area contributed by atoms with Gasteiger partial charge in [0.15, 0.2) is 0 Å². The Morgan fingerprint density at radius 3 is 2.50 bits per heavy atom. The van der Waals surface area contributed by atoms with Crippen LogP contribution in [0.3, 0.4) is 0 Å². The summed E-state index contributed by atoms with van der Waals surface area (Å²) in [7, 11) is 2.12. The Hall–Kier alpha value is -1.53. The molecule has 6 heteroatoms. The van der Waals surface area contributed by atoms with E-state index >= 15 is 0 Å². The van der Waals surface area contributed by atoms with Crippen LogP contribution in [0.2, 0.25) is 0 Å². The van der Waals surface area contributed by atoms with Crippen molar-refractivity contribution in [3.63, 3.8) is 0 Å². The van der Waals surface area contributed by atoms with E-state index in [1.54, 1.807) is 11.3 Å². The van der Waals surface area contributed by atoms with Gasteiger partial charge in [-0.25, -0.2) is 4.39 Å². The van der Waals surface area contributed by atoms with Crippen LogP contribution in [0.1, 0.15) is 37.3 Å². The van der Waals surface area contributed by atoms with Gasteiger partial charge in [0.2, 0.25) is 5.13 Å². The first kappa shape index (κ1) is 17.3. The summed E-state index contributed by atoms with van der Waals surface area (Å²) in [6.07, 6.45) is 3.04. The summed E-state index contributed by atoms with van der Waals surface area (Å²) < 4.78 is 13.0. The van der Waals surface area contributed by atoms with E-state index in [0.29, 0.717) is 18.5 Å². The third-order valence-corrected chi connectivity index (χ3v) is 5.82. The van der Waals surface area contributed by atoms with E-state index in [0.717, 1.165) is 28.8 Å². The summed E-state index contributed by atoms with van der Waals surface area (Å²) in [6, 6.07) is 7.76. The van der Waals surface area contributed by atoms with Crippen LogP contribution in [0.4, 0.5) is 9.52 Å². The van der Waals surface area contributed by atoms with Crippen molar-refractivity contribution in [3.05, 3.63) is 40.7 Å². The zero-order valence-electron chi connectivity index (χ0n) is 14.6. The Morgan fingerprint density at radius 1 is 1.21 bits per heavy atom. The van der Waals surface area contributed by atoms with Crippen LogP contribution in [0.15, 0.2) is 24.3 Å². The smallest absolute Gasteiger partial charge is 0.208 e. The van der Waals surface area contributed by atoms with Crippen molar-refractivity contribution in [3.8, 4) is 0 Å². The molecule has 2 aromatic rings. The van der Waals surface area contributed by atoms with Crippen LogP contribution in [0.5, 0.6) is 0 Å². The summed E-state index contributed by atoms with van der Waals surface area (Å²) >= 11 is 1.64. The summed E-state index contributed by atoms with van der Waals surface area (Å²) in [6.45, 7) is 6.81. The Morgan fingerprint density at radius 2 is 1.88 bits per heavy atom. The monoisotopic (exact) mass is 348 g/mol. The minimum absolute atomic E-state index is 0.204. The van der Waals surface area contributed by atoms with Crippen molar-refractivity contribution in [2.24, 2.45) is 0 Å². The van der Waals surface area contributed by atoms with Crippen LogP contribution in [-0.2, 0) is 6.42 Å². The number of halogens is 1. The Labute approximate surface area is 147 Å². The SMILES string of the molecule is CC(C)N1CCC(N(C)c2nnc(Cc3ccc(F)cc3)s2)CC1. The molecule has 4 nitrogen and oxygen atoms in total. The maximum absolute atomic E-state index is 13.0. The average molecular weight is 348 g/mol. The molecule has 1 fully saturated rings. The average Bonchev–Trinajstić information content (AvgIpc) is 3.05. The molecule has 0 saturated carbocycles. The lowest BCUT2D eigenvalue weighted by atomic mass is 10.0. The molecule has 0 amide bonds. The Kier molecular flexibility index (Phi) is 5.46. The number of hydrogen-bond donors (Lipinski definition) is 0. The lowest BCUT2D eigenvalue weighted by molar-refractivity contribution is 0.171. The highest BCUT2D eigenvalue weighted by atomic mass is 32.1. The van der Waals surface area contributed by atoms with E-state index in [1.165, 1.54) is 25.0 Å². The molecule has 130 valence electrons. The van der Waals surface area contributed by atoms with Crippen molar-refractivity contribution in [2.75, 3.05) is 25.0 Å². The lowest BCUT2D eigenvalue weighted by Gasteiger charge is -2.38. The van der Waals surface area contributed by atoms with Crippen molar-refractivity contribution in [1.82, 2.24) is 15.1 Å². The third-order valence-electron chi connectivity index (χ3n) is 4.80. The predicted molar refractivity (Wildman–Crippen MR) is 97.2 cm³/mol. The molecule has 0 bridgehead atoms. The van der Waals surface area contributed by atoms with Crippen LogP contribution < -0.4 is 4.90 Å². The molecule has 1 aromatic carbocycles. The lowest BCUT2D eigenvalue weighted by Crippen LogP contribution is -2.45. The summed E-state index contributed by atoms with van der Waals surface area (Å²) in [5, 5.41) is 10.6. The molecule has 2 heterocycles. The number of benzene rings is 1. The molecular formula is C18H25FN4S. The quantitative estimate of drug-likeness (QED) is 0.827. The molecule has 0 N–H and O–H groups in total. The fraction of sp³-hybridized carbons (Fsp3) is 0.556. The molecule has 0 radical (unpaired) electrons. The van der Waals surface area contributed by atoms with E-state index in [-0.39, 0.29) is 5.82 Å². The second kappa shape index (κ2) is 7.57. The number of nitrogens with zero attached hydrogens (tertiary/aromatic N) is 4. The largest absolute Gasteiger partial charge is 0.347 e. The fourth-order valence-corrected chi connectivity index (χ4v) is 4.09. The van der Waals surface area contributed by atoms with Gasteiger partial charge in [0.1, 0.15) is 10.8 Å². The molecule has 1 aliphatic heterocycles. The fourth-order valence-electron chi connectivity index (χ4n) is 3.18. The summed E-state index contributed by atoms with van der Waals surface area (Å²) in [4.78, 5) is 4.81. The molecule has 0 unspecified atom stereocenters. The number of aromatic nitrogens is 2. The van der Waals surface area contributed by atoms with Crippen LogP contribution in [0.25, 0.3) is 0 Å². The number of anilines is 1. The van der Waals surface area contributed by atoms with Crippen molar-refractivity contribution in [2.45, 2.75) is 45.2 Å². The maximum atomic E-state index is 13.0. The second-order valence-corrected chi connectivity index (χ2v) is 7.79. The molecule has 1 saturated heterocycles.